The van der Waals surface area contributed by atoms with Crippen LogP contribution in [0.4, 0.5) is 13.2 Å². The topological polar surface area (TPSA) is 44.4 Å². The number of carbonyl (C=O) groups excluding carboxylic acids is 1. The van der Waals surface area contributed by atoms with Gasteiger partial charge in [-0.1, -0.05) is 13.3 Å². The summed E-state index contributed by atoms with van der Waals surface area (Å²) in [6.45, 7) is 2.75. The Bertz CT molecular complexity index is 291. The fraction of sp³-hybridized carbons (Fsp3) is 0.923. The third-order valence-corrected chi connectivity index (χ3v) is 3.41. The minimum absolute atomic E-state index is 0.171. The maximum atomic E-state index is 12.6. The highest BCUT2D eigenvalue weighted by Gasteiger charge is 2.35. The summed E-state index contributed by atoms with van der Waals surface area (Å²) < 4.78 is 37.9. The van der Waals surface area contributed by atoms with Crippen LogP contribution in [0.1, 0.15) is 32.6 Å². The standard InChI is InChI=1S/C13H24F3N3O/c1-2-3-6-18-12(20)9-19(10-13(14,15)16)11-4-7-17-8-5-11/h11,17H,2-10H2,1H3,(H,18,20). The molecule has 0 spiro atoms. The van der Waals surface area contributed by atoms with Gasteiger partial charge in [0.1, 0.15) is 0 Å². The number of nitrogens with one attached hydrogen (secondary N) is 2. The first kappa shape index (κ1) is 17.2. The Labute approximate surface area is 118 Å². The summed E-state index contributed by atoms with van der Waals surface area (Å²) in [6, 6.07) is -0.171. The molecule has 7 heteroatoms. The first-order chi connectivity index (χ1) is 9.42. The number of nitrogens with zero attached hydrogens (tertiary/aromatic N) is 1. The summed E-state index contributed by atoms with van der Waals surface area (Å²) in [5, 5.41) is 5.79. The third kappa shape index (κ3) is 7.09. The van der Waals surface area contributed by atoms with Gasteiger partial charge in [0, 0.05) is 12.6 Å². The second kappa shape index (κ2) is 8.46. The van der Waals surface area contributed by atoms with E-state index in [1.54, 1.807) is 0 Å². The summed E-state index contributed by atoms with van der Waals surface area (Å²) in [5.74, 6) is -0.318. The number of alkyl halides is 3. The molecule has 4 nitrogen and oxygen atoms in total. The molecule has 1 saturated heterocycles. The first-order valence-electron chi connectivity index (χ1n) is 7.20. The highest BCUT2D eigenvalue weighted by Crippen LogP contribution is 2.20. The van der Waals surface area contributed by atoms with Gasteiger partial charge in [-0.15, -0.1) is 0 Å². The van der Waals surface area contributed by atoms with Crippen LogP contribution < -0.4 is 10.6 Å². The predicted octanol–water partition coefficient (Wildman–Crippen LogP) is 1.52. The third-order valence-electron chi connectivity index (χ3n) is 3.41. The summed E-state index contributed by atoms with van der Waals surface area (Å²) in [7, 11) is 0. The fourth-order valence-corrected chi connectivity index (χ4v) is 2.36. The van der Waals surface area contributed by atoms with Crippen LogP contribution in [0.15, 0.2) is 0 Å². The van der Waals surface area contributed by atoms with E-state index in [4.69, 9.17) is 0 Å². The number of hydrogen-bond acceptors (Lipinski definition) is 3. The van der Waals surface area contributed by atoms with Gasteiger partial charge in [0.15, 0.2) is 0 Å². The van der Waals surface area contributed by atoms with Gasteiger partial charge in [0.05, 0.1) is 13.1 Å². The Morgan fingerprint density at radius 1 is 1.35 bits per heavy atom. The van der Waals surface area contributed by atoms with Crippen LogP contribution in [0.3, 0.4) is 0 Å². The van der Waals surface area contributed by atoms with Crippen LogP contribution >= 0.6 is 0 Å². The molecule has 118 valence electrons. The molecule has 1 fully saturated rings. The number of halogens is 3. The molecule has 1 amide bonds. The zero-order valence-corrected chi connectivity index (χ0v) is 11.9. The molecule has 0 radical (unpaired) electrons. The van der Waals surface area contributed by atoms with Crippen molar-refractivity contribution in [1.29, 1.82) is 0 Å². The number of piperidine rings is 1. The Morgan fingerprint density at radius 3 is 2.55 bits per heavy atom. The van der Waals surface area contributed by atoms with Gasteiger partial charge >= 0.3 is 6.18 Å². The highest BCUT2D eigenvalue weighted by atomic mass is 19.4. The molecule has 0 aromatic carbocycles. The van der Waals surface area contributed by atoms with Crippen LogP contribution in [0.25, 0.3) is 0 Å². The zero-order chi connectivity index (χ0) is 15.0. The van der Waals surface area contributed by atoms with Crippen molar-refractivity contribution < 1.29 is 18.0 Å². The molecule has 0 atom stereocenters. The monoisotopic (exact) mass is 295 g/mol. The van der Waals surface area contributed by atoms with E-state index in [2.05, 4.69) is 10.6 Å². The zero-order valence-electron chi connectivity index (χ0n) is 11.9. The molecular formula is C13H24F3N3O. The number of hydrogen-bond donors (Lipinski definition) is 2. The Morgan fingerprint density at radius 2 is 2.00 bits per heavy atom. The van der Waals surface area contributed by atoms with Crippen molar-refractivity contribution in [3.8, 4) is 0 Å². The van der Waals surface area contributed by atoms with Crippen LogP contribution in [-0.4, -0.2) is 55.7 Å². The molecule has 2 N–H and O–H groups in total. The molecule has 0 unspecified atom stereocenters. The number of rotatable bonds is 7. The minimum atomic E-state index is -4.27. The highest BCUT2D eigenvalue weighted by molar-refractivity contribution is 5.78. The van der Waals surface area contributed by atoms with Crippen LogP contribution in [0, 0.1) is 0 Å². The van der Waals surface area contributed by atoms with Crippen molar-refractivity contribution in [2.75, 3.05) is 32.7 Å². The molecule has 1 heterocycles. The molecule has 0 aliphatic carbocycles. The molecule has 1 aliphatic heterocycles. The normalized spacial score (nSPS) is 17.4. The van der Waals surface area contributed by atoms with Gasteiger partial charge < -0.3 is 10.6 Å². The van der Waals surface area contributed by atoms with Crippen molar-refractivity contribution in [3.63, 3.8) is 0 Å². The second-order valence-electron chi connectivity index (χ2n) is 5.20. The Balaban J connectivity index is 2.50. The van der Waals surface area contributed by atoms with Crippen LogP contribution in [-0.2, 0) is 4.79 Å². The average Bonchev–Trinajstić information content (AvgIpc) is 2.38. The van der Waals surface area contributed by atoms with Gasteiger partial charge in [-0.3, -0.25) is 9.69 Å². The largest absolute Gasteiger partial charge is 0.401 e. The van der Waals surface area contributed by atoms with Crippen molar-refractivity contribution >= 4 is 5.91 Å². The predicted molar refractivity (Wildman–Crippen MR) is 71.4 cm³/mol. The van der Waals surface area contributed by atoms with E-state index in [0.29, 0.717) is 32.5 Å². The van der Waals surface area contributed by atoms with Crippen molar-refractivity contribution in [2.45, 2.75) is 44.8 Å². The lowest BCUT2D eigenvalue weighted by Crippen LogP contribution is -2.50. The summed E-state index contributed by atoms with van der Waals surface area (Å²) >= 11 is 0. The quantitative estimate of drug-likeness (QED) is 0.700. The summed E-state index contributed by atoms with van der Waals surface area (Å²) in [5.41, 5.74) is 0. The minimum Gasteiger partial charge on any atom is -0.355 e. The van der Waals surface area contributed by atoms with E-state index in [9.17, 15) is 18.0 Å². The van der Waals surface area contributed by atoms with E-state index in [-0.39, 0.29) is 18.5 Å². The molecule has 0 saturated carbocycles. The van der Waals surface area contributed by atoms with Gasteiger partial charge in [-0.2, -0.15) is 13.2 Å². The van der Waals surface area contributed by atoms with Gasteiger partial charge in [-0.05, 0) is 32.4 Å². The number of carbonyl (C=O) groups is 1. The maximum absolute atomic E-state index is 12.6. The van der Waals surface area contributed by atoms with E-state index < -0.39 is 12.7 Å². The molecule has 20 heavy (non-hydrogen) atoms. The number of amides is 1. The smallest absolute Gasteiger partial charge is 0.355 e. The number of unbranched alkanes of at least 4 members (excludes halogenated alkanes) is 1. The summed E-state index contributed by atoms with van der Waals surface area (Å²) in [4.78, 5) is 13.0. The van der Waals surface area contributed by atoms with Crippen LogP contribution in [0.5, 0.6) is 0 Å². The van der Waals surface area contributed by atoms with Gasteiger partial charge in [0.2, 0.25) is 5.91 Å². The SMILES string of the molecule is CCCCNC(=O)CN(CC(F)(F)F)C1CCNCC1. The molecule has 0 aromatic rings. The first-order valence-corrected chi connectivity index (χ1v) is 7.20. The van der Waals surface area contributed by atoms with Gasteiger partial charge in [-0.25, -0.2) is 0 Å². The van der Waals surface area contributed by atoms with Crippen LogP contribution in [0.2, 0.25) is 0 Å². The summed E-state index contributed by atoms with van der Waals surface area (Å²) in [6.07, 6.45) is -1.18. The molecule has 0 bridgehead atoms. The second-order valence-corrected chi connectivity index (χ2v) is 5.20. The van der Waals surface area contributed by atoms with Crippen molar-refractivity contribution in [2.24, 2.45) is 0 Å². The lowest BCUT2D eigenvalue weighted by atomic mass is 10.0. The van der Waals surface area contributed by atoms with Crippen molar-refractivity contribution in [1.82, 2.24) is 15.5 Å². The Hall–Kier alpha value is -0.820. The molecule has 1 aliphatic rings. The molecule has 1 rings (SSSR count). The van der Waals surface area contributed by atoms with E-state index in [0.717, 1.165) is 12.8 Å². The lowest BCUT2D eigenvalue weighted by Gasteiger charge is -2.34. The maximum Gasteiger partial charge on any atom is 0.401 e. The van der Waals surface area contributed by atoms with E-state index in [1.807, 2.05) is 6.92 Å². The Kier molecular flexibility index (Phi) is 7.29. The lowest BCUT2D eigenvalue weighted by molar-refractivity contribution is -0.154. The van der Waals surface area contributed by atoms with Gasteiger partial charge in [0.25, 0.3) is 0 Å². The van der Waals surface area contributed by atoms with Crippen molar-refractivity contribution in [3.05, 3.63) is 0 Å². The molecule has 0 aromatic heterocycles. The molecular weight excluding hydrogens is 271 g/mol. The fourth-order valence-electron chi connectivity index (χ4n) is 2.36. The van der Waals surface area contributed by atoms with E-state index >= 15 is 0 Å². The van der Waals surface area contributed by atoms with E-state index in [1.165, 1.54) is 4.90 Å². The average molecular weight is 295 g/mol.